The highest BCUT2D eigenvalue weighted by atomic mass is 16.5. The standard InChI is InChI=1S/C27H29N3O3/c1-27(2,3)30-26(31)33-14-13-24-16-20(9-12-25(24)32-4)6-5-19-7-10-23-17-21(18-29-28)8-11-22(23)15-19/h7-12,15-18H,13-14,28H2,1-4H3,(H,30,31)/b29-18+. The molecule has 0 aliphatic heterocycles. The van der Waals surface area contributed by atoms with Gasteiger partial charge in [-0.15, -0.1) is 0 Å². The number of amides is 1. The van der Waals surface area contributed by atoms with E-state index in [4.69, 9.17) is 15.3 Å². The normalized spacial score (nSPS) is 11.2. The number of nitrogens with zero attached hydrogens (tertiary/aromatic N) is 1. The molecule has 0 saturated carbocycles. The van der Waals surface area contributed by atoms with Crippen LogP contribution in [0.4, 0.5) is 4.79 Å². The van der Waals surface area contributed by atoms with Crippen LogP contribution < -0.4 is 15.9 Å². The Hall–Kier alpha value is -3.98. The summed E-state index contributed by atoms with van der Waals surface area (Å²) < 4.78 is 10.8. The average Bonchev–Trinajstić information content (AvgIpc) is 2.76. The van der Waals surface area contributed by atoms with Crippen LogP contribution in [-0.2, 0) is 11.2 Å². The predicted octanol–water partition coefficient (Wildman–Crippen LogP) is 4.61. The van der Waals surface area contributed by atoms with E-state index in [0.717, 1.165) is 38.8 Å². The first-order chi connectivity index (χ1) is 15.8. The molecule has 0 aromatic heterocycles. The van der Waals surface area contributed by atoms with Gasteiger partial charge in [-0.2, -0.15) is 5.10 Å². The Morgan fingerprint density at radius 2 is 1.70 bits per heavy atom. The number of hydrogen-bond donors (Lipinski definition) is 2. The van der Waals surface area contributed by atoms with Crippen molar-refractivity contribution in [3.05, 3.63) is 76.9 Å². The van der Waals surface area contributed by atoms with Gasteiger partial charge in [-0.3, -0.25) is 0 Å². The highest BCUT2D eigenvalue weighted by Gasteiger charge is 2.14. The molecule has 33 heavy (non-hydrogen) atoms. The monoisotopic (exact) mass is 443 g/mol. The number of carbonyl (C=O) groups excluding carboxylic acids is 1. The number of hydrogen-bond acceptors (Lipinski definition) is 5. The maximum Gasteiger partial charge on any atom is 0.407 e. The summed E-state index contributed by atoms with van der Waals surface area (Å²) in [7, 11) is 1.62. The molecule has 3 N–H and O–H groups in total. The highest BCUT2D eigenvalue weighted by molar-refractivity contribution is 5.91. The molecule has 3 rings (SSSR count). The quantitative estimate of drug-likeness (QED) is 0.261. The molecule has 0 bridgehead atoms. The van der Waals surface area contributed by atoms with Crippen molar-refractivity contribution in [3.8, 4) is 17.6 Å². The van der Waals surface area contributed by atoms with Crippen LogP contribution in [0, 0.1) is 11.8 Å². The van der Waals surface area contributed by atoms with Crippen LogP contribution in [-0.4, -0.2) is 31.6 Å². The summed E-state index contributed by atoms with van der Waals surface area (Å²) >= 11 is 0. The summed E-state index contributed by atoms with van der Waals surface area (Å²) in [4.78, 5) is 11.9. The fourth-order valence-corrected chi connectivity index (χ4v) is 3.30. The van der Waals surface area contributed by atoms with E-state index in [9.17, 15) is 4.79 Å². The van der Waals surface area contributed by atoms with E-state index >= 15 is 0 Å². The third-order valence-corrected chi connectivity index (χ3v) is 4.80. The maximum absolute atomic E-state index is 11.9. The summed E-state index contributed by atoms with van der Waals surface area (Å²) in [6, 6.07) is 17.9. The molecule has 3 aromatic carbocycles. The Bertz CT molecular complexity index is 1230. The maximum atomic E-state index is 11.9. The van der Waals surface area contributed by atoms with E-state index in [1.807, 2.05) is 69.3 Å². The Morgan fingerprint density at radius 3 is 2.39 bits per heavy atom. The number of methoxy groups -OCH3 is 1. The molecule has 6 nitrogen and oxygen atoms in total. The SMILES string of the molecule is COc1ccc(C#Cc2ccc3cc(/C=N/N)ccc3c2)cc1CCOC(=O)NC(C)(C)C. The van der Waals surface area contributed by atoms with Crippen LogP contribution in [0.2, 0.25) is 0 Å². The second-order valence-electron chi connectivity index (χ2n) is 8.64. The van der Waals surface area contributed by atoms with Gasteiger partial charge < -0.3 is 20.6 Å². The van der Waals surface area contributed by atoms with Crippen LogP contribution in [0.1, 0.15) is 43.0 Å². The van der Waals surface area contributed by atoms with Crippen LogP contribution in [0.5, 0.6) is 5.75 Å². The van der Waals surface area contributed by atoms with Gasteiger partial charge in [0.05, 0.1) is 19.9 Å². The average molecular weight is 444 g/mol. The fourth-order valence-electron chi connectivity index (χ4n) is 3.30. The number of fused-ring (bicyclic) bond motifs is 1. The van der Waals surface area contributed by atoms with Crippen molar-refractivity contribution in [3.63, 3.8) is 0 Å². The molecule has 0 saturated heterocycles. The van der Waals surface area contributed by atoms with E-state index < -0.39 is 6.09 Å². The van der Waals surface area contributed by atoms with Crippen molar-refractivity contribution in [2.45, 2.75) is 32.7 Å². The number of hydrazone groups is 1. The first kappa shape index (κ1) is 23.7. The lowest BCUT2D eigenvalue weighted by Gasteiger charge is -2.20. The first-order valence-corrected chi connectivity index (χ1v) is 10.7. The lowest BCUT2D eigenvalue weighted by molar-refractivity contribution is 0.138. The highest BCUT2D eigenvalue weighted by Crippen LogP contribution is 2.21. The van der Waals surface area contributed by atoms with Crippen molar-refractivity contribution >= 4 is 23.1 Å². The third-order valence-electron chi connectivity index (χ3n) is 4.80. The van der Waals surface area contributed by atoms with E-state index in [1.54, 1.807) is 13.3 Å². The molecular formula is C27H29N3O3. The molecule has 1 amide bonds. The molecular weight excluding hydrogens is 414 g/mol. The number of ether oxygens (including phenoxy) is 2. The molecule has 6 heteroatoms. The van der Waals surface area contributed by atoms with Gasteiger partial charge in [-0.25, -0.2) is 4.79 Å². The number of nitrogens with two attached hydrogens (primary N) is 1. The Kier molecular flexibility index (Phi) is 7.57. The lowest BCUT2D eigenvalue weighted by atomic mass is 10.0. The van der Waals surface area contributed by atoms with Gasteiger partial charge >= 0.3 is 6.09 Å². The smallest absolute Gasteiger partial charge is 0.407 e. The molecule has 170 valence electrons. The molecule has 3 aromatic rings. The largest absolute Gasteiger partial charge is 0.496 e. The topological polar surface area (TPSA) is 85.9 Å². The Labute approximate surface area is 194 Å². The summed E-state index contributed by atoms with van der Waals surface area (Å²) in [6.07, 6.45) is 1.72. The molecule has 0 heterocycles. The second kappa shape index (κ2) is 10.6. The number of carbonyl (C=O) groups is 1. The summed E-state index contributed by atoms with van der Waals surface area (Å²) in [5, 5.41) is 8.54. The van der Waals surface area contributed by atoms with Gasteiger partial charge in [0.2, 0.25) is 0 Å². The molecule has 0 aliphatic rings. The van der Waals surface area contributed by atoms with Gasteiger partial charge in [0, 0.05) is 23.1 Å². The van der Waals surface area contributed by atoms with Crippen molar-refractivity contribution in [2.75, 3.05) is 13.7 Å². The van der Waals surface area contributed by atoms with Crippen LogP contribution >= 0.6 is 0 Å². The van der Waals surface area contributed by atoms with E-state index in [0.29, 0.717) is 6.42 Å². The van der Waals surface area contributed by atoms with E-state index in [1.165, 1.54) is 0 Å². The summed E-state index contributed by atoms with van der Waals surface area (Å²) in [5.74, 6) is 12.4. The minimum Gasteiger partial charge on any atom is -0.496 e. The van der Waals surface area contributed by atoms with E-state index in [2.05, 4.69) is 28.3 Å². The van der Waals surface area contributed by atoms with Crippen molar-refractivity contribution < 1.29 is 14.3 Å². The number of rotatable bonds is 5. The van der Waals surface area contributed by atoms with Crippen LogP contribution in [0.3, 0.4) is 0 Å². The molecule has 0 unspecified atom stereocenters. The van der Waals surface area contributed by atoms with Gasteiger partial charge in [-0.1, -0.05) is 30.0 Å². The Morgan fingerprint density at radius 1 is 1.03 bits per heavy atom. The van der Waals surface area contributed by atoms with E-state index in [-0.39, 0.29) is 12.1 Å². The van der Waals surface area contributed by atoms with Gasteiger partial charge in [0.25, 0.3) is 0 Å². The molecule has 0 radical (unpaired) electrons. The second-order valence-corrected chi connectivity index (χ2v) is 8.64. The number of alkyl carbamates (subject to hydrolysis) is 1. The molecule has 0 atom stereocenters. The first-order valence-electron chi connectivity index (χ1n) is 10.7. The van der Waals surface area contributed by atoms with Crippen LogP contribution in [0.15, 0.2) is 59.7 Å². The van der Waals surface area contributed by atoms with Gasteiger partial charge in [0.1, 0.15) is 5.75 Å². The third kappa shape index (κ3) is 7.01. The molecule has 0 fully saturated rings. The fraction of sp³-hybridized carbons (Fsp3) is 0.259. The number of nitrogens with one attached hydrogen (secondary N) is 1. The minimum atomic E-state index is -0.434. The Balaban J connectivity index is 1.73. The van der Waals surface area contributed by atoms with Gasteiger partial charge in [-0.05, 0) is 79.1 Å². The zero-order valence-corrected chi connectivity index (χ0v) is 19.4. The zero-order chi connectivity index (χ0) is 23.8. The summed E-state index contributed by atoms with van der Waals surface area (Å²) in [6.45, 7) is 5.96. The zero-order valence-electron chi connectivity index (χ0n) is 19.4. The molecule has 0 spiro atoms. The minimum absolute atomic E-state index is 0.247. The molecule has 0 aliphatic carbocycles. The lowest BCUT2D eigenvalue weighted by Crippen LogP contribution is -2.41. The number of benzene rings is 3. The van der Waals surface area contributed by atoms with Crippen LogP contribution in [0.25, 0.3) is 10.8 Å². The van der Waals surface area contributed by atoms with Crippen molar-refractivity contribution in [1.29, 1.82) is 0 Å². The van der Waals surface area contributed by atoms with Crippen molar-refractivity contribution in [2.24, 2.45) is 10.9 Å². The van der Waals surface area contributed by atoms with Crippen molar-refractivity contribution in [1.82, 2.24) is 5.32 Å². The summed E-state index contributed by atoms with van der Waals surface area (Å²) in [5.41, 5.74) is 3.32. The van der Waals surface area contributed by atoms with Gasteiger partial charge in [0.15, 0.2) is 0 Å². The predicted molar refractivity (Wildman–Crippen MR) is 133 cm³/mol.